The Morgan fingerprint density at radius 3 is 2.63 bits per heavy atom. The van der Waals surface area contributed by atoms with Gasteiger partial charge in [-0.05, 0) is 55.6 Å². The number of benzene rings is 2. The molecule has 1 saturated heterocycles. The molecular weight excluding hydrogens is 378 g/mol. The normalized spacial score (nSPS) is 18.2. The molecule has 2 aromatic rings. The van der Waals surface area contributed by atoms with Crippen LogP contribution in [0.3, 0.4) is 0 Å². The number of anilines is 2. The van der Waals surface area contributed by atoms with Crippen molar-refractivity contribution in [3.05, 3.63) is 54.1 Å². The summed E-state index contributed by atoms with van der Waals surface area (Å²) in [5.41, 5.74) is 2.80. The predicted octanol–water partition coefficient (Wildman–Crippen LogP) is 3.43. The van der Waals surface area contributed by atoms with Gasteiger partial charge in [-0.2, -0.15) is 0 Å². The van der Waals surface area contributed by atoms with Crippen LogP contribution in [0.15, 0.2) is 48.5 Å². The van der Waals surface area contributed by atoms with Gasteiger partial charge in [0.2, 0.25) is 5.91 Å². The second kappa shape index (κ2) is 9.96. The highest BCUT2D eigenvalue weighted by molar-refractivity contribution is 5.93. The summed E-state index contributed by atoms with van der Waals surface area (Å²) in [6.07, 6.45) is 2.60. The number of aliphatic hydroxyl groups is 1. The van der Waals surface area contributed by atoms with Crippen molar-refractivity contribution in [2.45, 2.75) is 31.8 Å². The molecule has 0 aliphatic carbocycles. The maximum atomic E-state index is 11.7. The minimum atomic E-state index is -0.523. The number of hydrogen-bond donors (Lipinski definition) is 2. The van der Waals surface area contributed by atoms with Gasteiger partial charge in [-0.25, -0.2) is 0 Å². The van der Waals surface area contributed by atoms with Crippen molar-refractivity contribution in [1.29, 1.82) is 0 Å². The van der Waals surface area contributed by atoms with Crippen molar-refractivity contribution < 1.29 is 14.6 Å². The highest BCUT2D eigenvalue weighted by atomic mass is 16.5. The average molecular weight is 410 g/mol. The number of aliphatic hydroxyl groups excluding tert-OH is 1. The Balaban J connectivity index is 1.19. The van der Waals surface area contributed by atoms with Crippen molar-refractivity contribution >= 4 is 17.3 Å². The Morgan fingerprint density at radius 1 is 1.03 bits per heavy atom. The molecule has 0 spiro atoms. The van der Waals surface area contributed by atoms with Crippen LogP contribution in [0.5, 0.6) is 5.75 Å². The van der Waals surface area contributed by atoms with Crippen LogP contribution in [0.2, 0.25) is 0 Å². The molecule has 6 nitrogen and oxygen atoms in total. The van der Waals surface area contributed by atoms with Gasteiger partial charge in [0.15, 0.2) is 0 Å². The highest BCUT2D eigenvalue weighted by Crippen LogP contribution is 2.31. The van der Waals surface area contributed by atoms with E-state index in [0.29, 0.717) is 24.5 Å². The van der Waals surface area contributed by atoms with Gasteiger partial charge in [-0.1, -0.05) is 24.3 Å². The summed E-state index contributed by atoms with van der Waals surface area (Å²) in [7, 11) is 0. The van der Waals surface area contributed by atoms with E-state index in [1.54, 1.807) is 0 Å². The number of nitrogens with one attached hydrogen (secondary N) is 1. The zero-order chi connectivity index (χ0) is 20.8. The number of unbranched alkanes of at least 4 members (excludes halogenated alkanes) is 1. The van der Waals surface area contributed by atoms with E-state index < -0.39 is 6.10 Å². The van der Waals surface area contributed by atoms with Gasteiger partial charge in [-0.15, -0.1) is 0 Å². The van der Waals surface area contributed by atoms with E-state index in [4.69, 9.17) is 4.74 Å². The Hall–Kier alpha value is -2.57. The monoisotopic (exact) mass is 409 g/mol. The first-order valence-corrected chi connectivity index (χ1v) is 11.0. The summed E-state index contributed by atoms with van der Waals surface area (Å²) in [4.78, 5) is 16.7. The molecule has 160 valence electrons. The zero-order valence-corrected chi connectivity index (χ0v) is 17.4. The lowest BCUT2D eigenvalue weighted by atomic mass is 10.0. The summed E-state index contributed by atoms with van der Waals surface area (Å²) >= 11 is 0. The second-order valence-electron chi connectivity index (χ2n) is 8.08. The van der Waals surface area contributed by atoms with Crippen LogP contribution in [-0.4, -0.2) is 55.2 Å². The van der Waals surface area contributed by atoms with Crippen LogP contribution in [0, 0.1) is 0 Å². The molecule has 1 fully saturated rings. The Morgan fingerprint density at radius 2 is 1.83 bits per heavy atom. The molecule has 6 heteroatoms. The predicted molar refractivity (Wildman–Crippen MR) is 119 cm³/mol. The molecular formula is C24H31N3O3. The molecule has 2 heterocycles. The van der Waals surface area contributed by atoms with Crippen molar-refractivity contribution in [2.24, 2.45) is 0 Å². The van der Waals surface area contributed by atoms with Crippen LogP contribution >= 0.6 is 0 Å². The lowest BCUT2D eigenvalue weighted by molar-refractivity contribution is -0.116. The smallest absolute Gasteiger partial charge is 0.227 e. The Bertz CT molecular complexity index is 835. The topological polar surface area (TPSA) is 65.0 Å². The van der Waals surface area contributed by atoms with Crippen molar-refractivity contribution in [2.75, 3.05) is 49.5 Å². The largest absolute Gasteiger partial charge is 0.491 e. The Kier molecular flexibility index (Phi) is 6.87. The third kappa shape index (κ3) is 5.32. The first-order chi connectivity index (χ1) is 14.7. The zero-order valence-electron chi connectivity index (χ0n) is 17.4. The number of ether oxygens (including phenoxy) is 1. The lowest BCUT2D eigenvalue weighted by Gasteiger charge is -2.36. The van der Waals surface area contributed by atoms with Gasteiger partial charge in [0, 0.05) is 31.9 Å². The van der Waals surface area contributed by atoms with E-state index >= 15 is 0 Å². The third-order valence-corrected chi connectivity index (χ3v) is 5.94. The van der Waals surface area contributed by atoms with Crippen LogP contribution in [0.4, 0.5) is 11.4 Å². The van der Waals surface area contributed by atoms with E-state index in [1.807, 2.05) is 18.2 Å². The highest BCUT2D eigenvalue weighted by Gasteiger charge is 2.18. The summed E-state index contributed by atoms with van der Waals surface area (Å²) in [5, 5.41) is 13.4. The van der Waals surface area contributed by atoms with E-state index in [9.17, 15) is 9.90 Å². The van der Waals surface area contributed by atoms with Gasteiger partial charge in [0.25, 0.3) is 0 Å². The quantitative estimate of drug-likeness (QED) is 0.686. The fraction of sp³-hybridized carbons (Fsp3) is 0.458. The molecule has 0 aromatic heterocycles. The van der Waals surface area contributed by atoms with Gasteiger partial charge < -0.3 is 20.1 Å². The summed E-state index contributed by atoms with van der Waals surface area (Å²) in [6, 6.07) is 16.2. The van der Waals surface area contributed by atoms with E-state index in [-0.39, 0.29) is 5.91 Å². The van der Waals surface area contributed by atoms with Crippen LogP contribution in [0.1, 0.15) is 37.4 Å². The first kappa shape index (κ1) is 20.7. The van der Waals surface area contributed by atoms with Gasteiger partial charge in [0.05, 0.1) is 24.8 Å². The summed E-state index contributed by atoms with van der Waals surface area (Å²) in [6.45, 7) is 5.76. The molecule has 0 bridgehead atoms. The van der Waals surface area contributed by atoms with Crippen molar-refractivity contribution in [1.82, 2.24) is 4.90 Å². The number of rotatable bonds is 7. The molecule has 30 heavy (non-hydrogen) atoms. The number of carbonyl (C=O) groups excluding carboxylic acids is 1. The van der Waals surface area contributed by atoms with Gasteiger partial charge in [-0.3, -0.25) is 9.69 Å². The Labute approximate surface area is 178 Å². The van der Waals surface area contributed by atoms with Crippen LogP contribution in [0.25, 0.3) is 0 Å². The molecule has 2 aliphatic rings. The minimum Gasteiger partial charge on any atom is -0.491 e. The van der Waals surface area contributed by atoms with Gasteiger partial charge in [0.1, 0.15) is 5.75 Å². The number of para-hydroxylation sites is 1. The van der Waals surface area contributed by atoms with Crippen molar-refractivity contribution in [3.8, 4) is 5.75 Å². The lowest BCUT2D eigenvalue weighted by Crippen LogP contribution is -2.46. The van der Waals surface area contributed by atoms with Crippen molar-refractivity contribution in [3.63, 3.8) is 0 Å². The third-order valence-electron chi connectivity index (χ3n) is 5.94. The standard InChI is InChI=1S/C24H31N3O3/c28-22(19-9-10-23-21(18-19)25-24(29)11-17-30-23)8-4-5-12-26-13-15-27(16-14-26)20-6-2-1-3-7-20/h1-3,6-7,9-10,18,22,28H,4-5,8,11-17H2,(H,25,29). The number of hydrogen-bond acceptors (Lipinski definition) is 5. The number of fused-ring (bicyclic) bond motifs is 1. The van der Waals surface area contributed by atoms with E-state index in [2.05, 4.69) is 45.4 Å². The molecule has 1 amide bonds. The molecule has 4 rings (SSSR count). The van der Waals surface area contributed by atoms with Gasteiger partial charge >= 0.3 is 0 Å². The second-order valence-corrected chi connectivity index (χ2v) is 8.08. The molecule has 0 saturated carbocycles. The molecule has 2 N–H and O–H groups in total. The maximum absolute atomic E-state index is 11.7. The van der Waals surface area contributed by atoms with E-state index in [1.165, 1.54) is 5.69 Å². The number of carbonyl (C=O) groups is 1. The molecule has 0 radical (unpaired) electrons. The number of amides is 1. The molecule has 1 unspecified atom stereocenters. The summed E-state index contributed by atoms with van der Waals surface area (Å²) < 4.78 is 5.58. The number of nitrogens with zero attached hydrogens (tertiary/aromatic N) is 2. The molecule has 1 atom stereocenters. The van der Waals surface area contributed by atoms with Crippen LogP contribution < -0.4 is 15.0 Å². The van der Waals surface area contributed by atoms with Crippen LogP contribution in [-0.2, 0) is 4.79 Å². The summed E-state index contributed by atoms with van der Waals surface area (Å²) in [5.74, 6) is 0.624. The molecule has 2 aromatic carbocycles. The molecule has 2 aliphatic heterocycles. The fourth-order valence-corrected chi connectivity index (χ4v) is 4.15. The maximum Gasteiger partial charge on any atom is 0.227 e. The SMILES string of the molecule is O=C1CCOc2ccc(C(O)CCCCN3CCN(c4ccccc4)CC3)cc2N1. The average Bonchev–Trinajstić information content (AvgIpc) is 2.97. The number of piperazine rings is 1. The van der Waals surface area contributed by atoms with E-state index in [0.717, 1.165) is 57.5 Å². The minimum absolute atomic E-state index is 0.0484. The first-order valence-electron chi connectivity index (χ1n) is 11.0. The fourth-order valence-electron chi connectivity index (χ4n) is 4.15.